The molecule has 4 heteroatoms. The topological polar surface area (TPSA) is 31.4 Å². The molecule has 0 radical (unpaired) electrons. The van der Waals surface area contributed by atoms with Gasteiger partial charge in [-0.2, -0.15) is 0 Å². The number of ether oxygens (including phenoxy) is 1. The van der Waals surface area contributed by atoms with Crippen LogP contribution in [-0.2, 0) is 3.07 Å². The molecule has 1 aromatic rings. The summed E-state index contributed by atoms with van der Waals surface area (Å²) in [6.45, 7) is 6.77. The van der Waals surface area contributed by atoms with E-state index in [4.69, 9.17) is 7.80 Å². The van der Waals surface area contributed by atoms with E-state index in [1.54, 1.807) is 6.20 Å². The van der Waals surface area contributed by atoms with E-state index < -0.39 is 0 Å². The Balaban J connectivity index is 1.70. The quantitative estimate of drug-likeness (QED) is 0.246. The second-order valence-corrected chi connectivity index (χ2v) is 8.69. The van der Waals surface area contributed by atoms with Gasteiger partial charge in [0.25, 0.3) is 0 Å². The molecule has 25 heavy (non-hydrogen) atoms. The average molecular weight is 456 g/mol. The Kier molecular flexibility index (Phi) is 9.05. The van der Waals surface area contributed by atoms with Crippen molar-refractivity contribution < 1.29 is 29.4 Å². The number of pyridine rings is 1. The summed E-state index contributed by atoms with van der Waals surface area (Å²) in [5.41, 5.74) is 0.826. The fourth-order valence-corrected chi connectivity index (χ4v) is 3.94. The summed E-state index contributed by atoms with van der Waals surface area (Å²) in [6.07, 6.45) is 9.56. The van der Waals surface area contributed by atoms with Gasteiger partial charge in [0.05, 0.1) is 0 Å². The Morgan fingerprint density at radius 1 is 1.16 bits per heavy atom. The van der Waals surface area contributed by atoms with E-state index in [0.717, 1.165) is 30.2 Å². The van der Waals surface area contributed by atoms with Crippen molar-refractivity contribution >= 4 is 0 Å². The van der Waals surface area contributed by atoms with Crippen molar-refractivity contribution in [2.45, 2.75) is 71.5 Å². The second kappa shape index (κ2) is 11.0. The van der Waals surface area contributed by atoms with Crippen molar-refractivity contribution in [2.24, 2.45) is 11.8 Å². The first-order valence-corrected chi connectivity index (χ1v) is 12.4. The predicted molar refractivity (Wildman–Crippen MR) is 98.0 cm³/mol. The van der Waals surface area contributed by atoms with Crippen LogP contribution >= 0.6 is 0 Å². The van der Waals surface area contributed by atoms with Gasteiger partial charge >= 0.3 is 112 Å². The summed E-state index contributed by atoms with van der Waals surface area (Å²) in [4.78, 5) is 6.55. The van der Waals surface area contributed by atoms with Crippen LogP contribution in [0.3, 0.4) is 0 Å². The molecule has 1 atom stereocenters. The van der Waals surface area contributed by atoms with Gasteiger partial charge in [-0.1, -0.05) is 40.0 Å². The fraction of sp³-hybridized carbons (Fsp3) is 0.667. The monoisotopic (exact) mass is 456 g/mol. The SMILES string of the molecule is C[I-]OC1CC(Oc2ccc(C#CC(C)CCCCC(C)C)nc2)C1. The van der Waals surface area contributed by atoms with Gasteiger partial charge in [0.1, 0.15) is 0 Å². The fourth-order valence-electron chi connectivity index (χ4n) is 2.80. The van der Waals surface area contributed by atoms with Gasteiger partial charge in [-0.15, -0.1) is 0 Å². The molecular weight excluding hydrogens is 425 g/mol. The van der Waals surface area contributed by atoms with Crippen molar-refractivity contribution in [1.29, 1.82) is 0 Å². The van der Waals surface area contributed by atoms with Gasteiger partial charge in [-0.25, -0.2) is 0 Å². The number of aromatic nitrogens is 1. The average Bonchev–Trinajstić information content (AvgIpc) is 2.56. The zero-order valence-corrected chi connectivity index (χ0v) is 18.1. The molecule has 140 valence electrons. The van der Waals surface area contributed by atoms with E-state index in [2.05, 4.69) is 42.5 Å². The van der Waals surface area contributed by atoms with Gasteiger partial charge < -0.3 is 0 Å². The van der Waals surface area contributed by atoms with E-state index in [9.17, 15) is 0 Å². The molecule has 0 aliphatic heterocycles. The minimum atomic E-state index is -0.0743. The predicted octanol–water partition coefficient (Wildman–Crippen LogP) is 1.85. The van der Waals surface area contributed by atoms with Crippen molar-refractivity contribution in [3.8, 4) is 17.6 Å². The summed E-state index contributed by atoms with van der Waals surface area (Å²) in [5, 5.41) is 0. The van der Waals surface area contributed by atoms with Crippen LogP contribution in [0.2, 0.25) is 0 Å². The molecule has 0 amide bonds. The Bertz CT molecular complexity index is 555. The van der Waals surface area contributed by atoms with Crippen LogP contribution < -0.4 is 26.4 Å². The number of hydrogen-bond donors (Lipinski definition) is 0. The maximum absolute atomic E-state index is 5.91. The molecule has 0 aromatic carbocycles. The van der Waals surface area contributed by atoms with Crippen LogP contribution in [0, 0.1) is 23.7 Å². The molecule has 0 spiro atoms. The van der Waals surface area contributed by atoms with Crippen LogP contribution in [0.4, 0.5) is 0 Å². The van der Waals surface area contributed by atoms with Gasteiger partial charge in [0, 0.05) is 0 Å². The van der Waals surface area contributed by atoms with Crippen LogP contribution in [0.1, 0.15) is 65.0 Å². The molecule has 1 aliphatic rings. The Hall–Kier alpha value is -0.800. The molecule has 1 heterocycles. The summed E-state index contributed by atoms with van der Waals surface area (Å²) in [6, 6.07) is 3.93. The maximum atomic E-state index is 5.91. The zero-order valence-electron chi connectivity index (χ0n) is 15.9. The molecule has 0 N–H and O–H groups in total. The third-order valence-corrected chi connectivity index (χ3v) is 5.65. The van der Waals surface area contributed by atoms with Crippen LogP contribution in [-0.4, -0.2) is 22.1 Å². The Morgan fingerprint density at radius 2 is 1.92 bits per heavy atom. The molecule has 1 saturated carbocycles. The molecule has 1 fully saturated rings. The Morgan fingerprint density at radius 3 is 2.56 bits per heavy atom. The van der Waals surface area contributed by atoms with Crippen molar-refractivity contribution in [3.63, 3.8) is 0 Å². The normalized spacial score (nSPS) is 20.7. The van der Waals surface area contributed by atoms with Gasteiger partial charge in [0.2, 0.25) is 0 Å². The van der Waals surface area contributed by atoms with E-state index >= 15 is 0 Å². The molecule has 1 aliphatic carbocycles. The van der Waals surface area contributed by atoms with E-state index in [-0.39, 0.29) is 27.7 Å². The summed E-state index contributed by atoms with van der Waals surface area (Å²) in [7, 11) is 0. The first kappa shape index (κ1) is 20.5. The van der Waals surface area contributed by atoms with Crippen molar-refractivity contribution in [1.82, 2.24) is 4.98 Å². The summed E-state index contributed by atoms with van der Waals surface area (Å²) in [5.74, 6) is 8.58. The van der Waals surface area contributed by atoms with Crippen LogP contribution in [0.25, 0.3) is 0 Å². The molecule has 3 nitrogen and oxygen atoms in total. The number of hydrogen-bond acceptors (Lipinski definition) is 3. The summed E-state index contributed by atoms with van der Waals surface area (Å²) >= 11 is -0.0743. The van der Waals surface area contributed by atoms with Crippen molar-refractivity contribution in [2.75, 3.05) is 4.93 Å². The van der Waals surface area contributed by atoms with Gasteiger partial charge in [-0.05, 0) is 12.3 Å². The standard InChI is InChI=1S/C21H31INO2/c1-16(2)7-5-6-8-17(3)9-10-18-11-12-19(15-23-18)24-20-13-21(14-20)25-22-4/h11-12,15-17,20-21H,5-8,13-14H2,1-4H3/q-1. The first-order valence-electron chi connectivity index (χ1n) is 9.36. The third-order valence-electron chi connectivity index (χ3n) is 4.42. The molecule has 0 bridgehead atoms. The molecule has 2 rings (SSSR count). The molecule has 1 unspecified atom stereocenters. The zero-order chi connectivity index (χ0) is 18.1. The Labute approximate surface area is 164 Å². The molecular formula is C21H31INO2-. The van der Waals surface area contributed by atoms with E-state index in [0.29, 0.717) is 12.0 Å². The first-order chi connectivity index (χ1) is 12.1. The number of halogens is 1. The van der Waals surface area contributed by atoms with E-state index in [1.165, 1.54) is 25.7 Å². The third kappa shape index (κ3) is 7.96. The van der Waals surface area contributed by atoms with Crippen molar-refractivity contribution in [3.05, 3.63) is 24.0 Å². The van der Waals surface area contributed by atoms with Crippen LogP contribution in [0.15, 0.2) is 18.3 Å². The molecule has 1 aromatic heterocycles. The molecule has 0 saturated heterocycles. The number of nitrogens with zero attached hydrogens (tertiary/aromatic N) is 1. The number of alkyl halides is 1. The van der Waals surface area contributed by atoms with E-state index in [1.807, 2.05) is 12.1 Å². The van der Waals surface area contributed by atoms with Gasteiger partial charge in [-0.3, -0.25) is 0 Å². The summed E-state index contributed by atoms with van der Waals surface area (Å²) < 4.78 is 11.6. The second-order valence-electron chi connectivity index (χ2n) is 7.30. The van der Waals surface area contributed by atoms with Gasteiger partial charge in [0.15, 0.2) is 0 Å². The van der Waals surface area contributed by atoms with Crippen LogP contribution in [0.5, 0.6) is 5.75 Å². The number of rotatable bonds is 9. The number of unbranched alkanes of at least 4 members (excludes halogenated alkanes) is 1. The minimum absolute atomic E-state index is 0.0743.